The Bertz CT molecular complexity index is 529. The number of likely N-dealkylation sites (N-methyl/N-ethyl adjacent to an activating group) is 1. The van der Waals surface area contributed by atoms with Gasteiger partial charge in [0.15, 0.2) is 0 Å². The molecule has 2 N–H and O–H groups in total. The Morgan fingerprint density at radius 2 is 2.22 bits per heavy atom. The van der Waals surface area contributed by atoms with Gasteiger partial charge in [-0.3, -0.25) is 9.48 Å². The second-order valence-electron chi connectivity index (χ2n) is 6.19. The van der Waals surface area contributed by atoms with Crippen molar-refractivity contribution in [2.75, 3.05) is 13.6 Å². The van der Waals surface area contributed by atoms with E-state index in [0.29, 0.717) is 6.42 Å². The highest BCUT2D eigenvalue weighted by Crippen LogP contribution is 2.39. The van der Waals surface area contributed by atoms with Gasteiger partial charge in [-0.15, -0.1) is 0 Å². The van der Waals surface area contributed by atoms with Gasteiger partial charge in [-0.1, -0.05) is 6.42 Å². The zero-order chi connectivity index (χ0) is 17.0. The second kappa shape index (κ2) is 7.33. The third kappa shape index (κ3) is 4.70. The number of hydrogen-bond donors (Lipinski definition) is 2. The van der Waals surface area contributed by atoms with Crippen LogP contribution in [0.3, 0.4) is 0 Å². The molecule has 23 heavy (non-hydrogen) atoms. The summed E-state index contributed by atoms with van der Waals surface area (Å²) < 4.78 is 40.0. The number of alkyl halides is 3. The Balaban J connectivity index is 1.88. The maximum Gasteiger partial charge on any atom is 0.391 e. The Hall–Kier alpha value is -1.57. The standard InChI is InChI=1S/C15H23F3N4O/c1-19-13(11-8-21-22(2)9-11)14(23)20-7-10-4-3-5-12(6-10)15(16,17)18/h8-10,12-13,19H,3-7H2,1-2H3,(H,20,23). The molecular formula is C15H23F3N4O. The average molecular weight is 332 g/mol. The second-order valence-corrected chi connectivity index (χ2v) is 6.19. The first-order chi connectivity index (χ1) is 10.8. The van der Waals surface area contributed by atoms with Crippen LogP contribution >= 0.6 is 0 Å². The number of hydrogen-bond acceptors (Lipinski definition) is 3. The van der Waals surface area contributed by atoms with Gasteiger partial charge >= 0.3 is 6.18 Å². The van der Waals surface area contributed by atoms with Crippen LogP contribution in [0.25, 0.3) is 0 Å². The molecule has 0 spiro atoms. The summed E-state index contributed by atoms with van der Waals surface area (Å²) in [5.74, 6) is -1.60. The predicted molar refractivity (Wildman–Crippen MR) is 79.5 cm³/mol. The van der Waals surface area contributed by atoms with Crippen molar-refractivity contribution in [1.82, 2.24) is 20.4 Å². The minimum Gasteiger partial charge on any atom is -0.354 e. The van der Waals surface area contributed by atoms with Crippen molar-refractivity contribution in [2.24, 2.45) is 18.9 Å². The van der Waals surface area contributed by atoms with Gasteiger partial charge in [-0.05, 0) is 32.2 Å². The molecule has 1 aromatic heterocycles. The molecule has 1 fully saturated rings. The van der Waals surface area contributed by atoms with E-state index in [-0.39, 0.29) is 31.2 Å². The number of carbonyl (C=O) groups is 1. The van der Waals surface area contributed by atoms with Crippen molar-refractivity contribution in [3.63, 3.8) is 0 Å². The predicted octanol–water partition coefficient (Wildman–Crippen LogP) is 2.17. The normalized spacial score (nSPS) is 23.5. The Morgan fingerprint density at radius 3 is 2.78 bits per heavy atom. The van der Waals surface area contributed by atoms with Crippen LogP contribution in [0.1, 0.15) is 37.3 Å². The number of nitrogens with zero attached hydrogens (tertiary/aromatic N) is 2. The van der Waals surface area contributed by atoms with Crippen molar-refractivity contribution in [3.8, 4) is 0 Å². The van der Waals surface area contributed by atoms with Crippen molar-refractivity contribution in [2.45, 2.75) is 37.9 Å². The Kier molecular flexibility index (Phi) is 5.67. The summed E-state index contributed by atoms with van der Waals surface area (Å²) in [7, 11) is 3.42. The quantitative estimate of drug-likeness (QED) is 0.869. The maximum atomic E-state index is 12.8. The van der Waals surface area contributed by atoms with Gasteiger partial charge in [-0.2, -0.15) is 18.3 Å². The fraction of sp³-hybridized carbons (Fsp3) is 0.733. The largest absolute Gasteiger partial charge is 0.391 e. The van der Waals surface area contributed by atoms with Crippen molar-refractivity contribution in [1.29, 1.82) is 0 Å². The van der Waals surface area contributed by atoms with Crippen LogP contribution in [-0.4, -0.2) is 35.5 Å². The summed E-state index contributed by atoms with van der Waals surface area (Å²) in [6.07, 6.45) is 0.782. The molecule has 3 unspecified atom stereocenters. The van der Waals surface area contributed by atoms with E-state index in [1.807, 2.05) is 0 Å². The summed E-state index contributed by atoms with van der Waals surface area (Å²) in [6, 6.07) is -0.550. The third-order valence-corrected chi connectivity index (χ3v) is 4.42. The lowest BCUT2D eigenvalue weighted by molar-refractivity contribution is -0.185. The Labute approximate surface area is 133 Å². The lowest BCUT2D eigenvalue weighted by Crippen LogP contribution is -2.40. The van der Waals surface area contributed by atoms with E-state index < -0.39 is 18.1 Å². The molecule has 1 aliphatic carbocycles. The number of aromatic nitrogens is 2. The van der Waals surface area contributed by atoms with E-state index >= 15 is 0 Å². The van der Waals surface area contributed by atoms with Crippen molar-refractivity contribution < 1.29 is 18.0 Å². The summed E-state index contributed by atoms with van der Waals surface area (Å²) in [5, 5.41) is 9.71. The van der Waals surface area contributed by atoms with Gasteiger partial charge in [0.2, 0.25) is 5.91 Å². The zero-order valence-corrected chi connectivity index (χ0v) is 13.4. The van der Waals surface area contributed by atoms with Gasteiger partial charge in [0.25, 0.3) is 0 Å². The van der Waals surface area contributed by atoms with E-state index in [1.54, 1.807) is 31.2 Å². The minimum absolute atomic E-state index is 0.0981. The molecule has 1 aliphatic rings. The summed E-state index contributed by atoms with van der Waals surface area (Å²) in [6.45, 7) is 0.282. The van der Waals surface area contributed by atoms with Gasteiger partial charge < -0.3 is 10.6 Å². The molecule has 0 saturated heterocycles. The van der Waals surface area contributed by atoms with Crippen molar-refractivity contribution >= 4 is 5.91 Å². The molecule has 1 amide bonds. The van der Waals surface area contributed by atoms with Gasteiger partial charge in [-0.25, -0.2) is 0 Å². The molecule has 0 bridgehead atoms. The van der Waals surface area contributed by atoms with Crippen LogP contribution in [0.4, 0.5) is 13.2 Å². The molecule has 1 saturated carbocycles. The lowest BCUT2D eigenvalue weighted by atomic mass is 9.81. The highest BCUT2D eigenvalue weighted by molar-refractivity contribution is 5.83. The SMILES string of the molecule is CNC(C(=O)NCC1CCCC(C(F)(F)F)C1)c1cnn(C)c1. The summed E-state index contributed by atoms with van der Waals surface area (Å²) in [5.41, 5.74) is 0.726. The number of amides is 1. The number of rotatable bonds is 5. The van der Waals surface area contributed by atoms with E-state index in [1.165, 1.54) is 0 Å². The molecule has 130 valence electrons. The van der Waals surface area contributed by atoms with Crippen molar-refractivity contribution in [3.05, 3.63) is 18.0 Å². The fourth-order valence-electron chi connectivity index (χ4n) is 3.16. The first-order valence-corrected chi connectivity index (χ1v) is 7.81. The van der Waals surface area contributed by atoms with E-state index in [2.05, 4.69) is 15.7 Å². The first kappa shape index (κ1) is 17.8. The van der Waals surface area contributed by atoms with E-state index in [4.69, 9.17) is 0 Å². The molecule has 1 heterocycles. The van der Waals surface area contributed by atoms with E-state index in [0.717, 1.165) is 12.0 Å². The molecule has 5 nitrogen and oxygen atoms in total. The fourth-order valence-corrected chi connectivity index (χ4v) is 3.16. The highest BCUT2D eigenvalue weighted by atomic mass is 19.4. The number of aryl methyl sites for hydroxylation is 1. The molecule has 0 radical (unpaired) electrons. The number of nitrogens with one attached hydrogen (secondary N) is 2. The zero-order valence-electron chi connectivity index (χ0n) is 13.4. The lowest BCUT2D eigenvalue weighted by Gasteiger charge is -2.30. The van der Waals surface area contributed by atoms with Gasteiger partial charge in [0.1, 0.15) is 6.04 Å². The van der Waals surface area contributed by atoms with E-state index in [9.17, 15) is 18.0 Å². The van der Waals surface area contributed by atoms with Crippen LogP contribution in [0.5, 0.6) is 0 Å². The van der Waals surface area contributed by atoms with Crippen LogP contribution in [0, 0.1) is 11.8 Å². The highest BCUT2D eigenvalue weighted by Gasteiger charge is 2.42. The monoisotopic (exact) mass is 332 g/mol. The van der Waals surface area contributed by atoms with Gasteiger partial charge in [0.05, 0.1) is 12.1 Å². The molecule has 0 aliphatic heterocycles. The third-order valence-electron chi connectivity index (χ3n) is 4.42. The molecule has 3 atom stereocenters. The van der Waals surface area contributed by atoms with Crippen LogP contribution in [0.2, 0.25) is 0 Å². The maximum absolute atomic E-state index is 12.8. The summed E-state index contributed by atoms with van der Waals surface area (Å²) in [4.78, 5) is 12.3. The molecular weight excluding hydrogens is 309 g/mol. The molecule has 0 aromatic carbocycles. The molecule has 8 heteroatoms. The van der Waals surface area contributed by atoms with Crippen LogP contribution in [0.15, 0.2) is 12.4 Å². The first-order valence-electron chi connectivity index (χ1n) is 7.81. The molecule has 2 rings (SSSR count). The van der Waals surface area contributed by atoms with Crippen LogP contribution < -0.4 is 10.6 Å². The number of carbonyl (C=O) groups excluding carboxylic acids is 1. The Morgan fingerprint density at radius 1 is 1.48 bits per heavy atom. The minimum atomic E-state index is -4.13. The molecule has 1 aromatic rings. The average Bonchev–Trinajstić information content (AvgIpc) is 2.91. The smallest absolute Gasteiger partial charge is 0.354 e. The number of halogens is 3. The summed E-state index contributed by atoms with van der Waals surface area (Å²) >= 11 is 0. The topological polar surface area (TPSA) is 59.0 Å². The van der Waals surface area contributed by atoms with Gasteiger partial charge in [0, 0.05) is 25.4 Å². The van der Waals surface area contributed by atoms with Crippen LogP contribution in [-0.2, 0) is 11.8 Å².